The van der Waals surface area contributed by atoms with E-state index in [-0.39, 0.29) is 12.6 Å². The van der Waals surface area contributed by atoms with E-state index in [1.807, 2.05) is 12.1 Å². The maximum atomic E-state index is 8.81. The fourth-order valence-electron chi connectivity index (χ4n) is 0.227. The standard InChI is InChI=1S/C4H4O.C2H2O2/c1-2-4-5-3-1;3-1-2-4/h1-4H;1-2H. The van der Waals surface area contributed by atoms with Gasteiger partial charge in [0.05, 0.1) is 12.5 Å². The van der Waals surface area contributed by atoms with E-state index in [0.29, 0.717) is 0 Å². The Morgan fingerprint density at radius 1 is 1.00 bits per heavy atom. The average molecular weight is 126 g/mol. The molecule has 1 rings (SSSR count). The molecule has 0 atom stereocenters. The Balaban J connectivity index is 0.000000148. The summed E-state index contributed by atoms with van der Waals surface area (Å²) in [5.41, 5.74) is 0. The molecule has 0 spiro atoms. The highest BCUT2D eigenvalue weighted by Crippen LogP contribution is 1.79. The topological polar surface area (TPSA) is 47.3 Å². The zero-order valence-electron chi connectivity index (χ0n) is 4.69. The lowest BCUT2D eigenvalue weighted by molar-refractivity contribution is -0.122. The van der Waals surface area contributed by atoms with Crippen molar-refractivity contribution in [3.8, 4) is 0 Å². The molecule has 1 aromatic heterocycles. The van der Waals surface area contributed by atoms with E-state index >= 15 is 0 Å². The molecule has 0 saturated heterocycles. The molecule has 3 nitrogen and oxygen atoms in total. The highest BCUT2D eigenvalue weighted by molar-refractivity contribution is 6.09. The second kappa shape index (κ2) is 6.62. The number of hydrogen-bond donors (Lipinski definition) is 0. The molecule has 0 radical (unpaired) electrons. The van der Waals surface area contributed by atoms with E-state index in [2.05, 4.69) is 4.42 Å². The molecule has 0 fully saturated rings. The van der Waals surface area contributed by atoms with Gasteiger partial charge in [-0.3, -0.25) is 9.59 Å². The molecule has 0 saturated carbocycles. The summed E-state index contributed by atoms with van der Waals surface area (Å²) in [6.45, 7) is 0. The molecule has 48 valence electrons. The van der Waals surface area contributed by atoms with E-state index in [0.717, 1.165) is 0 Å². The maximum absolute atomic E-state index is 8.81. The molecule has 0 aromatic carbocycles. The van der Waals surface area contributed by atoms with Crippen LogP contribution in [0, 0.1) is 0 Å². The molecule has 1 aromatic rings. The van der Waals surface area contributed by atoms with Gasteiger partial charge < -0.3 is 4.42 Å². The van der Waals surface area contributed by atoms with Crippen LogP contribution in [-0.4, -0.2) is 12.6 Å². The molecule has 0 N–H and O–H groups in total. The van der Waals surface area contributed by atoms with E-state index in [1.165, 1.54) is 0 Å². The molecule has 0 aliphatic carbocycles. The number of rotatable bonds is 1. The maximum Gasteiger partial charge on any atom is 0.182 e. The first-order chi connectivity index (χ1) is 4.41. The van der Waals surface area contributed by atoms with Crippen LogP contribution in [0.1, 0.15) is 0 Å². The minimum Gasteiger partial charge on any atom is -0.473 e. The Morgan fingerprint density at radius 2 is 1.44 bits per heavy atom. The van der Waals surface area contributed by atoms with Crippen LogP contribution in [0.2, 0.25) is 0 Å². The number of hydrogen-bond acceptors (Lipinski definition) is 3. The summed E-state index contributed by atoms with van der Waals surface area (Å²) in [5, 5.41) is 0. The van der Waals surface area contributed by atoms with Crippen LogP contribution in [0.4, 0.5) is 0 Å². The zero-order chi connectivity index (χ0) is 6.95. The van der Waals surface area contributed by atoms with E-state index in [1.54, 1.807) is 12.5 Å². The number of aldehydes is 2. The third kappa shape index (κ3) is 6.62. The van der Waals surface area contributed by atoms with Crippen LogP contribution in [0.15, 0.2) is 29.1 Å². The highest BCUT2D eigenvalue weighted by atomic mass is 16.3. The third-order valence-electron chi connectivity index (χ3n) is 0.481. The van der Waals surface area contributed by atoms with E-state index in [4.69, 9.17) is 9.59 Å². The van der Waals surface area contributed by atoms with Gasteiger partial charge in [-0.25, -0.2) is 0 Å². The Bertz CT molecular complexity index is 120. The van der Waals surface area contributed by atoms with Crippen molar-refractivity contribution >= 4 is 12.6 Å². The molecular weight excluding hydrogens is 120 g/mol. The SMILES string of the molecule is O=CC=O.c1ccoc1. The summed E-state index contributed by atoms with van der Waals surface area (Å²) in [4.78, 5) is 17.6. The van der Waals surface area contributed by atoms with Gasteiger partial charge in [0.2, 0.25) is 0 Å². The summed E-state index contributed by atoms with van der Waals surface area (Å²) in [7, 11) is 0. The molecular formula is C6H6O3. The molecule has 0 unspecified atom stereocenters. The van der Waals surface area contributed by atoms with Crippen LogP contribution in [0.3, 0.4) is 0 Å². The van der Waals surface area contributed by atoms with Crippen molar-refractivity contribution in [1.82, 2.24) is 0 Å². The number of carbonyl (C=O) groups excluding carboxylic acids is 2. The van der Waals surface area contributed by atoms with Crippen molar-refractivity contribution in [2.75, 3.05) is 0 Å². The Hall–Kier alpha value is -1.38. The van der Waals surface area contributed by atoms with Crippen molar-refractivity contribution in [1.29, 1.82) is 0 Å². The van der Waals surface area contributed by atoms with Crippen LogP contribution in [0.25, 0.3) is 0 Å². The van der Waals surface area contributed by atoms with Gasteiger partial charge in [0.15, 0.2) is 12.6 Å². The minimum absolute atomic E-state index is 0.194. The minimum atomic E-state index is 0.194. The van der Waals surface area contributed by atoms with Gasteiger partial charge in [-0.15, -0.1) is 0 Å². The van der Waals surface area contributed by atoms with Crippen molar-refractivity contribution < 1.29 is 14.0 Å². The summed E-state index contributed by atoms with van der Waals surface area (Å²) in [6.07, 6.45) is 3.64. The second-order valence-electron chi connectivity index (χ2n) is 1.07. The monoisotopic (exact) mass is 126 g/mol. The van der Waals surface area contributed by atoms with Gasteiger partial charge in [-0.2, -0.15) is 0 Å². The summed E-state index contributed by atoms with van der Waals surface area (Å²) in [6, 6.07) is 3.67. The smallest absolute Gasteiger partial charge is 0.182 e. The van der Waals surface area contributed by atoms with Gasteiger partial charge in [-0.1, -0.05) is 0 Å². The van der Waals surface area contributed by atoms with Gasteiger partial charge in [0.1, 0.15) is 0 Å². The largest absolute Gasteiger partial charge is 0.473 e. The molecule has 1 heterocycles. The lowest BCUT2D eigenvalue weighted by Gasteiger charge is -1.50. The Morgan fingerprint density at radius 3 is 1.56 bits per heavy atom. The quantitative estimate of drug-likeness (QED) is 0.410. The summed E-state index contributed by atoms with van der Waals surface area (Å²) >= 11 is 0. The summed E-state index contributed by atoms with van der Waals surface area (Å²) < 4.78 is 4.58. The molecule has 0 bridgehead atoms. The predicted molar refractivity (Wildman–Crippen MR) is 30.8 cm³/mol. The fraction of sp³-hybridized carbons (Fsp3) is 0. The lowest BCUT2D eigenvalue weighted by atomic mass is 10.7. The van der Waals surface area contributed by atoms with Gasteiger partial charge in [-0.05, 0) is 12.1 Å². The van der Waals surface area contributed by atoms with Crippen LogP contribution in [0.5, 0.6) is 0 Å². The van der Waals surface area contributed by atoms with Gasteiger partial charge in [0, 0.05) is 0 Å². The highest BCUT2D eigenvalue weighted by Gasteiger charge is 1.58. The first-order valence-corrected chi connectivity index (χ1v) is 2.28. The summed E-state index contributed by atoms with van der Waals surface area (Å²) in [5.74, 6) is 0. The van der Waals surface area contributed by atoms with Crippen LogP contribution < -0.4 is 0 Å². The Kier molecular flexibility index (Phi) is 5.60. The normalized spacial score (nSPS) is 6.67. The van der Waals surface area contributed by atoms with Gasteiger partial charge in [0.25, 0.3) is 0 Å². The second-order valence-corrected chi connectivity index (χ2v) is 1.07. The fourth-order valence-corrected chi connectivity index (χ4v) is 0.227. The van der Waals surface area contributed by atoms with Crippen molar-refractivity contribution in [3.63, 3.8) is 0 Å². The first kappa shape index (κ1) is 7.62. The van der Waals surface area contributed by atoms with Crippen molar-refractivity contribution in [2.24, 2.45) is 0 Å². The molecule has 0 aliphatic rings. The third-order valence-corrected chi connectivity index (χ3v) is 0.481. The zero-order valence-corrected chi connectivity index (χ0v) is 4.69. The molecule has 9 heavy (non-hydrogen) atoms. The number of furan rings is 1. The van der Waals surface area contributed by atoms with Crippen LogP contribution >= 0.6 is 0 Å². The lowest BCUT2D eigenvalue weighted by Crippen LogP contribution is -1.62. The van der Waals surface area contributed by atoms with E-state index in [9.17, 15) is 0 Å². The number of carbonyl (C=O) groups is 2. The first-order valence-electron chi connectivity index (χ1n) is 2.28. The Labute approximate surface area is 52.3 Å². The van der Waals surface area contributed by atoms with Crippen LogP contribution in [-0.2, 0) is 9.59 Å². The van der Waals surface area contributed by atoms with Crippen molar-refractivity contribution in [2.45, 2.75) is 0 Å². The predicted octanol–water partition coefficient (Wildman–Crippen LogP) is 0.664. The molecule has 0 aliphatic heterocycles. The van der Waals surface area contributed by atoms with E-state index < -0.39 is 0 Å². The van der Waals surface area contributed by atoms with Gasteiger partial charge >= 0.3 is 0 Å². The molecule has 3 heteroatoms. The molecule has 0 amide bonds. The van der Waals surface area contributed by atoms with Crippen molar-refractivity contribution in [3.05, 3.63) is 24.7 Å². The average Bonchev–Trinajstić information content (AvgIpc) is 2.43.